The Kier molecular flexibility index (Phi) is 38.8. The molecular formula is C106H122BrN12O9Zn3-7. The van der Waals surface area contributed by atoms with Gasteiger partial charge in [0.05, 0.1) is 56.6 Å². The molecule has 12 aromatic rings. The van der Waals surface area contributed by atoms with Crippen LogP contribution in [0.5, 0.6) is 0 Å². The number of aliphatic imine (C=N–C) groups is 1. The average Bonchev–Trinajstić information content (AvgIpc) is 1.59. The van der Waals surface area contributed by atoms with E-state index in [-0.39, 0.29) is 121 Å². The molecule has 0 amide bonds. The van der Waals surface area contributed by atoms with E-state index in [1.54, 1.807) is 6.92 Å². The molecule has 0 radical (unpaired) electrons. The van der Waals surface area contributed by atoms with Gasteiger partial charge in [-0.25, -0.2) is 15.0 Å². The Bertz CT molecular complexity index is 6380. The molecule has 3 spiro atoms. The number of aliphatic hydroxyl groups is 1. The van der Waals surface area contributed by atoms with Crippen molar-refractivity contribution in [2.75, 3.05) is 0 Å². The molecule has 131 heavy (non-hydrogen) atoms. The van der Waals surface area contributed by atoms with Crippen LogP contribution in [-0.4, -0.2) is 95.9 Å². The van der Waals surface area contributed by atoms with Gasteiger partial charge in [0.15, 0.2) is 5.78 Å². The first-order valence-corrected chi connectivity index (χ1v) is 44.4. The first kappa shape index (κ1) is 110. The van der Waals surface area contributed by atoms with Crippen molar-refractivity contribution in [1.29, 1.82) is 0 Å². The summed E-state index contributed by atoms with van der Waals surface area (Å²) >= 11 is 3.52. The van der Waals surface area contributed by atoms with Gasteiger partial charge in [-0.2, -0.15) is 0 Å². The van der Waals surface area contributed by atoms with Crippen molar-refractivity contribution in [2.45, 2.75) is 242 Å². The third kappa shape index (κ3) is 22.7. The molecule has 21 nitrogen and oxygen atoms in total. The van der Waals surface area contributed by atoms with Crippen molar-refractivity contribution in [3.63, 3.8) is 0 Å². The number of benzene rings is 3. The first-order valence-electron chi connectivity index (χ1n) is 43.6. The Morgan fingerprint density at radius 3 is 1.35 bits per heavy atom. The molecule has 11 N–H and O–H groups in total. The van der Waals surface area contributed by atoms with E-state index >= 15 is 0 Å². The minimum absolute atomic E-state index is 0. The number of nitrogens with one attached hydrogen (secondary N) is 3. The maximum atomic E-state index is 14.0. The van der Waals surface area contributed by atoms with E-state index in [2.05, 4.69) is 235 Å². The number of aryl methyl sites for hydroxylation is 11. The van der Waals surface area contributed by atoms with Crippen molar-refractivity contribution >= 4 is 95.9 Å². The summed E-state index contributed by atoms with van der Waals surface area (Å²) in [4.78, 5) is 69.7. The minimum Gasteiger partial charge on any atom is -0.870 e. The third-order valence-corrected chi connectivity index (χ3v) is 27.3. The Morgan fingerprint density at radius 2 is 0.878 bits per heavy atom. The maximum Gasteiger partial charge on any atom is 2.00 e. The normalized spacial score (nSPS) is 15.9. The van der Waals surface area contributed by atoms with Crippen LogP contribution in [0, 0.1) is 81.6 Å². The SMILES string of the molecule is C.CC1=NC(Cc2ccc[nH]2)C2(CCCCC2)C1.Cc1cc(C)c(-c2c3nc(c(C)c4ccc(cc5nc(cc6ccc2[n-]6)C(=O)C52CCCCC2)[n-]4)C=C3)c(C)c1.Cc1cc(C)c(-c2c3nc(c(C)c4ccc(cc5nc(cc6ccc2[n-]6)CC52CCCCC2)[n-]4)C=C3)c(C)c1.Cc1cc(C)c(C(c2ccc(Br)[nH]2)c2ccc(C(C)O)[nH]2)c(C)c1.[OH-].[OH-].[OH-].[OH-].[OH-].[OH-].[OH-].[Zn+2].[Zn+2].[Zn]. The summed E-state index contributed by atoms with van der Waals surface area (Å²) < 4.78 is 0.965. The van der Waals surface area contributed by atoms with E-state index in [0.29, 0.717) is 17.2 Å². The van der Waals surface area contributed by atoms with Crippen LogP contribution in [0.3, 0.4) is 0 Å². The number of rotatable bonds is 8. The summed E-state index contributed by atoms with van der Waals surface area (Å²) in [5.41, 5.74) is 39.4. The topological polar surface area (TPSA) is 415 Å². The molecule has 3 aromatic carbocycles. The zero-order valence-corrected chi connectivity index (χ0v) is 87.7. The van der Waals surface area contributed by atoms with Gasteiger partial charge in [0.2, 0.25) is 0 Å². The molecule has 3 saturated carbocycles. The van der Waals surface area contributed by atoms with Crippen LogP contribution in [0.2, 0.25) is 0 Å². The summed E-state index contributed by atoms with van der Waals surface area (Å²) in [5.74, 6) is 0.197. The average molecular weight is 1980 g/mol. The molecule has 20 rings (SSSR count). The van der Waals surface area contributed by atoms with Gasteiger partial charge in [0, 0.05) is 83.8 Å². The zero-order valence-electron chi connectivity index (χ0n) is 77.2. The molecule has 25 heteroatoms. The number of carbonyl (C=O) groups excluding carboxylic acids is 1. The molecule has 14 heterocycles. The van der Waals surface area contributed by atoms with Gasteiger partial charge < -0.3 is 78.3 Å². The Morgan fingerprint density at radius 1 is 0.450 bits per heavy atom. The number of halogens is 1. The molecule has 3 atom stereocenters. The second-order valence-electron chi connectivity index (χ2n) is 35.9. The van der Waals surface area contributed by atoms with Gasteiger partial charge in [-0.1, -0.05) is 185 Å². The number of aromatic nitrogens is 11. The van der Waals surface area contributed by atoms with E-state index < -0.39 is 11.5 Å². The minimum atomic E-state index is -0.555. The van der Waals surface area contributed by atoms with Crippen LogP contribution in [0.4, 0.5) is 0 Å². The van der Waals surface area contributed by atoms with Gasteiger partial charge in [-0.3, -0.25) is 14.8 Å². The second-order valence-corrected chi connectivity index (χ2v) is 36.7. The van der Waals surface area contributed by atoms with Gasteiger partial charge in [-0.05, 0) is 295 Å². The number of carbonyl (C=O) groups is 1. The Labute approximate surface area is 816 Å². The quantitative estimate of drug-likeness (QED) is 0.103. The summed E-state index contributed by atoms with van der Waals surface area (Å²) in [6.07, 6.45) is 31.4. The van der Waals surface area contributed by atoms with Crippen LogP contribution in [0.25, 0.3) is 90.7 Å². The predicted molar refractivity (Wildman–Crippen MR) is 515 cm³/mol. The van der Waals surface area contributed by atoms with Gasteiger partial charge in [-0.15, -0.1) is 44.1 Å². The molecular weight excluding hydrogens is 1860 g/mol. The largest absolute Gasteiger partial charge is 2.00 e. The monoisotopic (exact) mass is 1980 g/mol. The summed E-state index contributed by atoms with van der Waals surface area (Å²) in [6.45, 7) is 27.6. The number of fused-ring (bicyclic) bond motifs is 18. The molecule has 0 saturated heterocycles. The molecule has 8 aliphatic rings. The van der Waals surface area contributed by atoms with Crippen LogP contribution in [-0.2, 0) is 82.1 Å². The molecule has 16 bridgehead atoms. The van der Waals surface area contributed by atoms with Gasteiger partial charge >= 0.3 is 39.0 Å². The molecule has 3 aliphatic carbocycles. The molecule has 5 aliphatic heterocycles. The fraction of sp³-hybridized carbons (Fsp3) is 0.358. The maximum absolute atomic E-state index is 14.0. The predicted octanol–water partition coefficient (Wildman–Crippen LogP) is 24.2. The fourth-order valence-corrected chi connectivity index (χ4v) is 21.6. The van der Waals surface area contributed by atoms with Crippen LogP contribution >= 0.6 is 15.9 Å². The Hall–Kier alpha value is -9.41. The fourth-order valence-electron chi connectivity index (χ4n) is 21.3. The van der Waals surface area contributed by atoms with Crippen molar-refractivity contribution in [3.8, 4) is 22.3 Å². The van der Waals surface area contributed by atoms with E-state index in [1.165, 1.54) is 149 Å². The van der Waals surface area contributed by atoms with Crippen molar-refractivity contribution < 1.29 is 107 Å². The van der Waals surface area contributed by atoms with Crippen LogP contribution in [0.15, 0.2) is 161 Å². The van der Waals surface area contributed by atoms with E-state index in [9.17, 15) is 9.90 Å². The van der Waals surface area contributed by atoms with E-state index in [4.69, 9.17) is 44.9 Å². The van der Waals surface area contributed by atoms with Gasteiger partial charge in [0.25, 0.3) is 0 Å². The molecule has 9 aromatic heterocycles. The van der Waals surface area contributed by atoms with Crippen LogP contribution < -0.4 is 19.9 Å². The standard InChI is InChI=1S/C35H33N4O.C35H34N4.C20H23BrN2O.C15H22N2.CH4.7H2O.3Zn/c1-20-16-21(2)32(22(3)17-20)33-28-11-9-24(37-28)18-30-34(40)35(14-6-5-7-15-35)31(39-30)19-25-8-10-26(36-25)23(4)27-12-13-29(33)38-27;1-21-16-22(2)33(23(3)17-21)34-30-11-9-25(37-30)18-27-20-35(14-6-5-7-15-35)32(38-27)19-26-8-10-28(36-26)24(4)29-12-13-31(34)39-29;1-11-9-12(2)19(13(3)10-11)20(17-7-8-18(21)23-17)16-6-5-15(22-16)14(4)24;1-12-11-15(7-3-2-4-8-15)14(17-12)10-13-6-5-9-16-13;;;;;;;;;;;/h8-13,16-19H,5-7,14-15H2,1-4H3,(H-,36,37,38,39,40);8-13,16-19H,5-7,14-15,20H2,1-4H3;5-10,14,20,22-24H,1-4H3;5-6,9,14,16H,2-4,7-8,10-11H2,1H3;1H4;7*1H2;;;/q-1;-2;;;;;;;;;;;;2*+2/p-8. The third-order valence-electron chi connectivity index (χ3n) is 26.9. The smallest absolute Gasteiger partial charge is 0.870 e. The van der Waals surface area contributed by atoms with Crippen molar-refractivity contribution in [3.05, 3.63) is 291 Å². The number of H-pyrrole nitrogens is 3. The summed E-state index contributed by atoms with van der Waals surface area (Å²) in [5, 5.41) is 9.86. The van der Waals surface area contributed by atoms with Gasteiger partial charge in [0.1, 0.15) is 5.69 Å². The molecule has 3 unspecified atom stereocenters. The number of aromatic amines is 3. The summed E-state index contributed by atoms with van der Waals surface area (Å²) in [6, 6.07) is 51.3. The Balaban J connectivity index is 0.000000273. The molecule has 3 fully saturated rings. The van der Waals surface area contributed by atoms with Crippen molar-refractivity contribution in [2.24, 2.45) is 10.4 Å². The second kappa shape index (κ2) is 46.0. The number of hydrogen-bond acceptors (Lipinski definition) is 14. The zero-order chi connectivity index (χ0) is 83.5. The number of hydrogen-bond donors (Lipinski definition) is 4. The number of nitrogens with zero attached hydrogens (tertiary/aromatic N) is 9. The summed E-state index contributed by atoms with van der Waals surface area (Å²) in [7, 11) is 0. The van der Waals surface area contributed by atoms with Crippen molar-refractivity contribution in [1.82, 2.24) is 54.8 Å². The number of Topliss-reactive ketones (excluding diaryl/α,β-unsaturated/α-hetero) is 1. The van der Waals surface area contributed by atoms with E-state index in [0.717, 1.165) is 173 Å². The molecule has 680 valence electrons. The number of ketones is 1. The van der Waals surface area contributed by atoms with E-state index in [1.807, 2.05) is 54.7 Å². The number of aliphatic hydroxyl groups excluding tert-OH is 1. The first-order chi connectivity index (χ1) is 57.8. The van der Waals surface area contributed by atoms with Crippen LogP contribution in [0.1, 0.15) is 276 Å².